The Morgan fingerprint density at radius 2 is 0.970 bits per heavy atom. The van der Waals surface area contributed by atoms with Crippen LogP contribution in [0.5, 0.6) is 0 Å². The molecular weight excluding hydrogens is 823 g/mol. The van der Waals surface area contributed by atoms with Gasteiger partial charge in [0.1, 0.15) is 11.2 Å². The van der Waals surface area contributed by atoms with Crippen LogP contribution in [0.15, 0.2) is 217 Å². The second kappa shape index (κ2) is 14.5. The van der Waals surface area contributed by atoms with Crippen LogP contribution in [-0.4, -0.2) is 15.0 Å². The molecule has 0 aliphatic heterocycles. The summed E-state index contributed by atoms with van der Waals surface area (Å²) >= 11 is 1.81. The lowest BCUT2D eigenvalue weighted by atomic mass is 9.92. The lowest BCUT2D eigenvalue weighted by Gasteiger charge is -2.15. The largest absolute Gasteiger partial charge is 0.456 e. The standard InChI is InChI=1S/C61H35N3OS/c1-2-12-39(13-3-1)51-35-52(63-61(62-51)42-29-30-46-45-15-7-9-20-55(45)66-56(46)34-42)40-26-23-37(24-27-40)44-17-10-18-48-57-49(31-32-54-58(57)47-16-6-8-19-53(47)65-54)59(64-60(44)48)41-28-25-38-22-21-36-11-4-5-14-43(36)50(38)33-41/h1-35H. The van der Waals surface area contributed by atoms with Crippen molar-refractivity contribution >= 4 is 96.7 Å². The molecule has 0 saturated heterocycles. The molecule has 0 spiro atoms. The third-order valence-corrected chi connectivity index (χ3v) is 14.4. The fraction of sp³-hybridized carbons (Fsp3) is 0. The minimum Gasteiger partial charge on any atom is -0.456 e. The van der Waals surface area contributed by atoms with Crippen LogP contribution in [0.2, 0.25) is 0 Å². The molecule has 0 fully saturated rings. The van der Waals surface area contributed by atoms with E-state index in [4.69, 9.17) is 19.4 Å². The number of furan rings is 1. The molecule has 0 unspecified atom stereocenters. The van der Waals surface area contributed by atoms with Crippen LogP contribution in [0.1, 0.15) is 0 Å². The van der Waals surface area contributed by atoms with Gasteiger partial charge in [-0.25, -0.2) is 15.0 Å². The number of pyridine rings is 1. The summed E-state index contributed by atoms with van der Waals surface area (Å²) in [6.45, 7) is 0. The SMILES string of the molecule is c1ccc(-c2cc(-c3ccc(-c4cccc5c4nc(-c4ccc6ccc7ccccc7c6c4)c4ccc6oc7ccccc7c6c45)cc3)nc(-c3ccc4c(c3)sc3ccccc34)n2)cc1. The third kappa shape index (κ3) is 5.80. The van der Waals surface area contributed by atoms with E-state index in [0.717, 1.165) is 94.1 Å². The van der Waals surface area contributed by atoms with E-state index in [9.17, 15) is 0 Å². The van der Waals surface area contributed by atoms with Crippen molar-refractivity contribution in [3.8, 4) is 56.3 Å². The van der Waals surface area contributed by atoms with Crippen LogP contribution < -0.4 is 0 Å². The molecule has 66 heavy (non-hydrogen) atoms. The Labute approximate surface area is 382 Å². The minimum absolute atomic E-state index is 0.701. The topological polar surface area (TPSA) is 51.8 Å². The van der Waals surface area contributed by atoms with Crippen molar-refractivity contribution in [2.75, 3.05) is 0 Å². The maximum absolute atomic E-state index is 6.51. The molecule has 4 aromatic heterocycles. The smallest absolute Gasteiger partial charge is 0.160 e. The van der Waals surface area contributed by atoms with Gasteiger partial charge >= 0.3 is 0 Å². The second-order valence-electron chi connectivity index (χ2n) is 17.1. The summed E-state index contributed by atoms with van der Waals surface area (Å²) in [5.41, 5.74) is 11.6. The van der Waals surface area contributed by atoms with E-state index in [1.54, 1.807) is 0 Å². The first kappa shape index (κ1) is 36.9. The van der Waals surface area contributed by atoms with Crippen LogP contribution in [0.3, 0.4) is 0 Å². The number of benzene rings is 10. The number of hydrogen-bond acceptors (Lipinski definition) is 5. The number of nitrogens with zero attached hydrogens (tertiary/aromatic N) is 3. The molecule has 4 heterocycles. The molecule has 0 saturated carbocycles. The van der Waals surface area contributed by atoms with E-state index < -0.39 is 0 Å². The summed E-state index contributed by atoms with van der Waals surface area (Å²) in [5.74, 6) is 0.701. The highest BCUT2D eigenvalue weighted by Crippen LogP contribution is 2.44. The predicted molar refractivity (Wildman–Crippen MR) is 277 cm³/mol. The molecule has 0 aliphatic rings. The van der Waals surface area contributed by atoms with Crippen molar-refractivity contribution in [2.45, 2.75) is 0 Å². The summed E-state index contributed by atoms with van der Waals surface area (Å²) in [7, 11) is 0. The van der Waals surface area contributed by atoms with E-state index in [0.29, 0.717) is 5.82 Å². The van der Waals surface area contributed by atoms with Crippen LogP contribution in [0, 0.1) is 0 Å². The van der Waals surface area contributed by atoms with Gasteiger partial charge in [0.25, 0.3) is 0 Å². The fourth-order valence-electron chi connectivity index (χ4n) is 10.1. The molecule has 4 nitrogen and oxygen atoms in total. The Morgan fingerprint density at radius 3 is 1.83 bits per heavy atom. The predicted octanol–water partition coefficient (Wildman–Crippen LogP) is 17.1. The summed E-state index contributed by atoms with van der Waals surface area (Å²) < 4.78 is 9.01. The molecule has 0 aliphatic carbocycles. The highest BCUT2D eigenvalue weighted by molar-refractivity contribution is 7.25. The van der Waals surface area contributed by atoms with Gasteiger partial charge < -0.3 is 4.42 Å². The molecule has 10 aromatic carbocycles. The highest BCUT2D eigenvalue weighted by Gasteiger charge is 2.20. The number of para-hydroxylation sites is 2. The lowest BCUT2D eigenvalue weighted by Crippen LogP contribution is -1.96. The maximum Gasteiger partial charge on any atom is 0.160 e. The Hall–Kier alpha value is -8.51. The Kier molecular flexibility index (Phi) is 8.12. The fourth-order valence-corrected chi connectivity index (χ4v) is 11.2. The van der Waals surface area contributed by atoms with Crippen molar-refractivity contribution in [1.82, 2.24) is 15.0 Å². The van der Waals surface area contributed by atoms with Crippen LogP contribution in [0.4, 0.5) is 0 Å². The van der Waals surface area contributed by atoms with E-state index in [1.165, 1.54) is 41.7 Å². The molecule has 0 atom stereocenters. The monoisotopic (exact) mass is 857 g/mol. The average Bonchev–Trinajstić information content (AvgIpc) is 3.96. The van der Waals surface area contributed by atoms with Gasteiger partial charge in [0, 0.05) is 74.9 Å². The van der Waals surface area contributed by atoms with Crippen molar-refractivity contribution < 1.29 is 4.42 Å². The molecule has 0 amide bonds. The van der Waals surface area contributed by atoms with E-state index >= 15 is 0 Å². The molecular formula is C61H35N3OS. The van der Waals surface area contributed by atoms with E-state index in [-0.39, 0.29) is 0 Å². The average molecular weight is 858 g/mol. The van der Waals surface area contributed by atoms with Crippen molar-refractivity contribution in [1.29, 1.82) is 0 Å². The Morgan fingerprint density at radius 1 is 0.333 bits per heavy atom. The zero-order chi connectivity index (χ0) is 43.3. The first-order valence-electron chi connectivity index (χ1n) is 22.2. The van der Waals surface area contributed by atoms with Crippen molar-refractivity contribution in [3.63, 3.8) is 0 Å². The number of hydrogen-bond donors (Lipinski definition) is 0. The molecule has 0 radical (unpaired) electrons. The zero-order valence-corrected chi connectivity index (χ0v) is 36.2. The number of rotatable bonds is 5. The van der Waals surface area contributed by atoms with Gasteiger partial charge in [-0.05, 0) is 69.6 Å². The summed E-state index contributed by atoms with van der Waals surface area (Å²) in [6, 6.07) is 75.5. The normalized spacial score (nSPS) is 11.9. The van der Waals surface area contributed by atoms with Crippen molar-refractivity contribution in [3.05, 3.63) is 212 Å². The highest BCUT2D eigenvalue weighted by atomic mass is 32.1. The number of aromatic nitrogens is 3. The van der Waals surface area contributed by atoms with E-state index in [1.807, 2.05) is 23.5 Å². The third-order valence-electron chi connectivity index (χ3n) is 13.3. The lowest BCUT2D eigenvalue weighted by molar-refractivity contribution is 0.669. The summed E-state index contributed by atoms with van der Waals surface area (Å²) in [6.07, 6.45) is 0. The van der Waals surface area contributed by atoms with Crippen molar-refractivity contribution in [2.24, 2.45) is 0 Å². The van der Waals surface area contributed by atoms with Gasteiger partial charge in [0.2, 0.25) is 0 Å². The maximum atomic E-state index is 6.51. The van der Waals surface area contributed by atoms with Crippen LogP contribution >= 0.6 is 11.3 Å². The zero-order valence-electron chi connectivity index (χ0n) is 35.4. The quantitative estimate of drug-likeness (QED) is 0.162. The molecule has 306 valence electrons. The summed E-state index contributed by atoms with van der Waals surface area (Å²) in [5, 5.41) is 12.9. The van der Waals surface area contributed by atoms with Gasteiger partial charge in [0.05, 0.1) is 22.6 Å². The molecule has 14 rings (SSSR count). The van der Waals surface area contributed by atoms with Gasteiger partial charge in [-0.2, -0.15) is 0 Å². The van der Waals surface area contributed by atoms with Crippen LogP contribution in [0.25, 0.3) is 142 Å². The first-order valence-corrected chi connectivity index (χ1v) is 23.1. The van der Waals surface area contributed by atoms with Gasteiger partial charge in [0.15, 0.2) is 5.82 Å². The minimum atomic E-state index is 0.701. The number of thiophene rings is 1. The number of fused-ring (bicyclic) bond motifs is 13. The molecule has 14 aromatic rings. The van der Waals surface area contributed by atoms with E-state index in [2.05, 4.69) is 200 Å². The molecule has 0 N–H and O–H groups in total. The van der Waals surface area contributed by atoms with Gasteiger partial charge in [-0.3, -0.25) is 0 Å². The molecule has 0 bridgehead atoms. The van der Waals surface area contributed by atoms with Crippen LogP contribution in [-0.2, 0) is 0 Å². The Bertz CT molecular complexity index is 4280. The first-order chi connectivity index (χ1) is 32.7. The second-order valence-corrected chi connectivity index (χ2v) is 18.1. The van der Waals surface area contributed by atoms with Gasteiger partial charge in [-0.15, -0.1) is 11.3 Å². The summed E-state index contributed by atoms with van der Waals surface area (Å²) in [4.78, 5) is 16.1. The molecule has 5 heteroatoms. The Balaban J connectivity index is 0.950. The van der Waals surface area contributed by atoms with Gasteiger partial charge in [-0.1, -0.05) is 170 Å².